The van der Waals surface area contributed by atoms with Crippen molar-refractivity contribution < 1.29 is 22.7 Å². The van der Waals surface area contributed by atoms with Gasteiger partial charge in [-0.25, -0.2) is 5.01 Å². The summed E-state index contributed by atoms with van der Waals surface area (Å²) in [4.78, 5) is 11.4. The average molecular weight is 387 g/mol. The molecule has 0 saturated heterocycles. The monoisotopic (exact) mass is 387 g/mol. The molecule has 3 rings (SSSR count). The second-order valence-corrected chi connectivity index (χ2v) is 7.23. The van der Waals surface area contributed by atoms with Gasteiger partial charge in [0, 0.05) is 19.5 Å². The Morgan fingerprint density at radius 1 is 1.19 bits per heavy atom. The fourth-order valence-electron chi connectivity index (χ4n) is 2.54. The molecule has 1 heterocycles. The molecule has 0 fully saturated rings. The highest BCUT2D eigenvalue weighted by Crippen LogP contribution is 2.28. The van der Waals surface area contributed by atoms with Crippen molar-refractivity contribution in [3.63, 3.8) is 0 Å². The molecule has 0 saturated carbocycles. The Kier molecular flexibility index (Phi) is 4.95. The van der Waals surface area contributed by atoms with Crippen LogP contribution in [-0.2, 0) is 14.8 Å². The molecular formula is C18H17N3O5S. The van der Waals surface area contributed by atoms with Crippen molar-refractivity contribution in [2.24, 2.45) is 9.50 Å². The van der Waals surface area contributed by atoms with Gasteiger partial charge in [0.15, 0.2) is 17.3 Å². The topological polar surface area (TPSA) is 97.6 Å². The number of hydrazone groups is 1. The summed E-state index contributed by atoms with van der Waals surface area (Å²) in [5.74, 6) is 0.441. The molecule has 8 nitrogen and oxygen atoms in total. The third kappa shape index (κ3) is 3.82. The molecule has 1 aliphatic heterocycles. The van der Waals surface area contributed by atoms with E-state index in [-0.39, 0.29) is 16.5 Å². The number of sulfonamides is 1. The van der Waals surface area contributed by atoms with Crippen LogP contribution in [0.1, 0.15) is 18.1 Å². The molecule has 2 aromatic rings. The van der Waals surface area contributed by atoms with E-state index in [1.54, 1.807) is 43.4 Å². The minimum Gasteiger partial charge on any atom is -0.493 e. The number of fused-ring (bicyclic) bond motifs is 1. The Hall–Kier alpha value is -3.20. The van der Waals surface area contributed by atoms with Crippen LogP contribution < -0.4 is 9.47 Å². The molecule has 0 amide bonds. The van der Waals surface area contributed by atoms with Crippen molar-refractivity contribution in [2.45, 2.75) is 11.8 Å². The first-order valence-corrected chi connectivity index (χ1v) is 9.34. The lowest BCUT2D eigenvalue weighted by Crippen LogP contribution is -2.21. The van der Waals surface area contributed by atoms with Crippen molar-refractivity contribution in [3.05, 3.63) is 53.6 Å². The Bertz CT molecular complexity index is 1060. The number of hydrogen-bond acceptors (Lipinski definition) is 7. The number of nitrogens with zero attached hydrogens (tertiary/aromatic N) is 3. The predicted molar refractivity (Wildman–Crippen MR) is 99.8 cm³/mol. The van der Waals surface area contributed by atoms with Crippen LogP contribution in [0.15, 0.2) is 56.9 Å². The first-order chi connectivity index (χ1) is 12.8. The minimum atomic E-state index is -3.71. The summed E-state index contributed by atoms with van der Waals surface area (Å²) in [5, 5.41) is 5.62. The summed E-state index contributed by atoms with van der Waals surface area (Å²) < 4.78 is 38.3. The van der Waals surface area contributed by atoms with E-state index in [0.29, 0.717) is 16.9 Å². The van der Waals surface area contributed by atoms with Crippen LogP contribution in [0.3, 0.4) is 0 Å². The molecule has 0 unspecified atom stereocenters. The molecule has 0 aliphatic carbocycles. The van der Waals surface area contributed by atoms with Gasteiger partial charge in [-0.2, -0.15) is 13.5 Å². The smallest absolute Gasteiger partial charge is 0.308 e. The first kappa shape index (κ1) is 18.6. The number of carbonyl (C=O) groups excluding carboxylic acids is 1. The molecule has 2 aromatic carbocycles. The Balaban J connectivity index is 1.88. The summed E-state index contributed by atoms with van der Waals surface area (Å²) in [6.07, 6.45) is 1.50. The molecule has 0 atom stereocenters. The number of ether oxygens (including phenoxy) is 2. The summed E-state index contributed by atoms with van der Waals surface area (Å²) in [6.45, 7) is 1.30. The lowest BCUT2D eigenvalue weighted by atomic mass is 10.2. The molecule has 1 aliphatic rings. The highest BCUT2D eigenvalue weighted by Gasteiger charge is 2.30. The Morgan fingerprint density at radius 3 is 2.63 bits per heavy atom. The fourth-order valence-corrected chi connectivity index (χ4v) is 3.77. The van der Waals surface area contributed by atoms with Crippen LogP contribution in [0.4, 0.5) is 0 Å². The van der Waals surface area contributed by atoms with Gasteiger partial charge in [-0.1, -0.05) is 12.1 Å². The van der Waals surface area contributed by atoms with E-state index in [1.807, 2.05) is 0 Å². The number of esters is 1. The van der Waals surface area contributed by atoms with E-state index in [0.717, 1.165) is 0 Å². The van der Waals surface area contributed by atoms with Gasteiger partial charge in [0.25, 0.3) is 10.0 Å². The average Bonchev–Trinajstić information content (AvgIpc) is 2.91. The SMILES string of the molecule is COc1ccc(/C=N\N(C)C2=NS(=O)(=O)c3ccccc32)cc1OC(C)=O. The van der Waals surface area contributed by atoms with E-state index in [1.165, 1.54) is 31.3 Å². The molecule has 27 heavy (non-hydrogen) atoms. The second-order valence-electron chi connectivity index (χ2n) is 5.66. The molecule has 0 N–H and O–H groups in total. The van der Waals surface area contributed by atoms with Crippen LogP contribution in [0.5, 0.6) is 11.5 Å². The van der Waals surface area contributed by atoms with Crippen LogP contribution >= 0.6 is 0 Å². The summed E-state index contributed by atoms with van der Waals surface area (Å²) in [6, 6.07) is 11.5. The van der Waals surface area contributed by atoms with Crippen molar-refractivity contribution in [3.8, 4) is 11.5 Å². The molecule has 0 bridgehead atoms. The number of amidine groups is 1. The van der Waals surface area contributed by atoms with Crippen LogP contribution in [0.2, 0.25) is 0 Å². The fraction of sp³-hybridized carbons (Fsp3) is 0.167. The van der Waals surface area contributed by atoms with Gasteiger partial charge in [-0.3, -0.25) is 4.79 Å². The van der Waals surface area contributed by atoms with Crippen LogP contribution in [-0.4, -0.2) is 45.6 Å². The quantitative estimate of drug-likeness (QED) is 0.345. The van der Waals surface area contributed by atoms with Gasteiger partial charge in [0.2, 0.25) is 0 Å². The number of benzene rings is 2. The zero-order chi connectivity index (χ0) is 19.6. The molecule has 9 heteroatoms. The highest BCUT2D eigenvalue weighted by atomic mass is 32.2. The van der Waals surface area contributed by atoms with Gasteiger partial charge in [-0.05, 0) is 35.9 Å². The zero-order valence-corrected chi connectivity index (χ0v) is 15.7. The normalized spacial score (nSPS) is 14.6. The molecule has 0 radical (unpaired) electrons. The Morgan fingerprint density at radius 2 is 1.93 bits per heavy atom. The van der Waals surface area contributed by atoms with E-state index in [4.69, 9.17) is 9.47 Å². The van der Waals surface area contributed by atoms with E-state index < -0.39 is 16.0 Å². The predicted octanol–water partition coefficient (Wildman–Crippen LogP) is 2.04. The second kappa shape index (κ2) is 7.20. The maximum Gasteiger partial charge on any atom is 0.308 e. The van der Waals surface area contributed by atoms with Crippen molar-refractivity contribution in [1.82, 2.24) is 5.01 Å². The van der Waals surface area contributed by atoms with E-state index in [2.05, 4.69) is 9.50 Å². The van der Waals surface area contributed by atoms with Crippen LogP contribution in [0, 0.1) is 0 Å². The standard InChI is InChI=1S/C18H17N3O5S/c1-12(22)26-16-10-13(8-9-15(16)25-3)11-19-21(2)18-14-6-4-5-7-17(14)27(23,24)20-18/h4-11H,1-3H3/b19-11-. The van der Waals surface area contributed by atoms with Gasteiger partial charge in [0.1, 0.15) is 4.90 Å². The van der Waals surface area contributed by atoms with Crippen molar-refractivity contribution in [2.75, 3.05) is 14.2 Å². The van der Waals surface area contributed by atoms with Gasteiger partial charge >= 0.3 is 5.97 Å². The lowest BCUT2D eigenvalue weighted by molar-refractivity contribution is -0.132. The minimum absolute atomic E-state index is 0.156. The number of carbonyl (C=O) groups is 1. The molecule has 0 aromatic heterocycles. The van der Waals surface area contributed by atoms with Gasteiger partial charge < -0.3 is 9.47 Å². The maximum absolute atomic E-state index is 12.1. The summed E-state index contributed by atoms with van der Waals surface area (Å²) >= 11 is 0. The molecule has 140 valence electrons. The number of methoxy groups -OCH3 is 1. The Labute approximate surface area is 156 Å². The van der Waals surface area contributed by atoms with E-state index >= 15 is 0 Å². The summed E-state index contributed by atoms with van der Waals surface area (Å²) in [5.41, 5.74) is 1.13. The van der Waals surface area contributed by atoms with Crippen LogP contribution in [0.25, 0.3) is 0 Å². The third-order valence-corrected chi connectivity index (χ3v) is 5.07. The van der Waals surface area contributed by atoms with E-state index in [9.17, 15) is 13.2 Å². The van der Waals surface area contributed by atoms with Crippen molar-refractivity contribution in [1.29, 1.82) is 0 Å². The zero-order valence-electron chi connectivity index (χ0n) is 14.9. The van der Waals surface area contributed by atoms with Gasteiger partial charge in [-0.15, -0.1) is 4.40 Å². The highest BCUT2D eigenvalue weighted by molar-refractivity contribution is 7.90. The molecular weight excluding hydrogens is 370 g/mol. The third-order valence-electron chi connectivity index (χ3n) is 3.74. The number of hydrogen-bond donors (Lipinski definition) is 0. The van der Waals surface area contributed by atoms with Gasteiger partial charge in [0.05, 0.1) is 13.3 Å². The largest absolute Gasteiger partial charge is 0.493 e. The maximum atomic E-state index is 12.1. The summed E-state index contributed by atoms with van der Waals surface area (Å²) in [7, 11) is -0.641. The first-order valence-electron chi connectivity index (χ1n) is 7.90. The molecule has 0 spiro atoms. The lowest BCUT2D eigenvalue weighted by Gasteiger charge is -2.12. The van der Waals surface area contributed by atoms with Crippen molar-refractivity contribution >= 4 is 28.0 Å². The number of rotatable bonds is 4.